The predicted octanol–water partition coefficient (Wildman–Crippen LogP) is 3.73. The summed E-state index contributed by atoms with van der Waals surface area (Å²) in [5.74, 6) is -0.0261. The van der Waals surface area contributed by atoms with Crippen LogP contribution < -0.4 is 14.8 Å². The van der Waals surface area contributed by atoms with Gasteiger partial charge in [0.2, 0.25) is 0 Å². The van der Waals surface area contributed by atoms with Gasteiger partial charge in [-0.2, -0.15) is 0 Å². The van der Waals surface area contributed by atoms with Gasteiger partial charge < -0.3 is 37.9 Å². The molecule has 34 heavy (non-hydrogen) atoms. The quantitative estimate of drug-likeness (QED) is 0.177. The summed E-state index contributed by atoms with van der Waals surface area (Å²) in [6.45, 7) is 8.21. The Hall–Kier alpha value is -2.60. The van der Waals surface area contributed by atoms with Crippen LogP contribution in [0.5, 0.6) is 11.5 Å². The minimum absolute atomic E-state index is 0.198. The first-order chi connectivity index (χ1) is 16.4. The number of nitrogens with one attached hydrogen (secondary N) is 1. The van der Waals surface area contributed by atoms with Crippen LogP contribution in [-0.2, 0) is 22.8 Å². The number of rotatable bonds is 18. The molecule has 0 aliphatic carbocycles. The molecule has 0 bridgehead atoms. The van der Waals surface area contributed by atoms with Gasteiger partial charge >= 0.3 is 20.9 Å². The Morgan fingerprint density at radius 3 is 2.26 bits per heavy atom. The van der Waals surface area contributed by atoms with Crippen LogP contribution in [0.2, 0.25) is 6.04 Å². The van der Waals surface area contributed by atoms with E-state index < -0.39 is 20.9 Å². The summed E-state index contributed by atoms with van der Waals surface area (Å²) in [6, 6.07) is 5.72. The molecular weight excluding hydrogens is 462 g/mol. The summed E-state index contributed by atoms with van der Waals surface area (Å²) in [4.78, 5) is 22.5. The van der Waals surface area contributed by atoms with Crippen LogP contribution in [0.15, 0.2) is 24.3 Å². The number of hydrogen-bond donors (Lipinski definition) is 2. The van der Waals surface area contributed by atoms with E-state index >= 15 is 0 Å². The lowest BCUT2D eigenvalue weighted by Gasteiger charge is -2.28. The topological polar surface area (TPSA) is 122 Å². The SMILES string of the molecule is CCO[Si](CCCNC(=O)OCCCOc1ccc(/C=C/C(=O)O)cc1OC)(OCC)OCC. The molecule has 0 heterocycles. The average molecular weight is 500 g/mol. The van der Waals surface area contributed by atoms with Crippen LogP contribution >= 0.6 is 0 Å². The second-order valence-corrected chi connectivity index (χ2v) is 9.66. The van der Waals surface area contributed by atoms with E-state index in [1.807, 2.05) is 20.8 Å². The first-order valence-corrected chi connectivity index (χ1v) is 13.4. The maximum Gasteiger partial charge on any atom is 0.500 e. The molecule has 1 aromatic carbocycles. The minimum atomic E-state index is -2.71. The van der Waals surface area contributed by atoms with Gasteiger partial charge in [0.05, 0.1) is 20.3 Å². The fourth-order valence-corrected chi connectivity index (χ4v) is 5.64. The van der Waals surface area contributed by atoms with Crippen molar-refractivity contribution in [1.82, 2.24) is 5.32 Å². The van der Waals surface area contributed by atoms with Gasteiger partial charge in [-0.1, -0.05) is 6.07 Å². The number of alkyl carbamates (subject to hydrolysis) is 1. The average Bonchev–Trinajstić information content (AvgIpc) is 2.81. The third kappa shape index (κ3) is 11.5. The Labute approximate surface area is 202 Å². The molecule has 11 heteroatoms. The molecular formula is C23H37NO9Si. The van der Waals surface area contributed by atoms with Crippen molar-refractivity contribution in [2.75, 3.05) is 46.7 Å². The van der Waals surface area contributed by atoms with Crippen LogP contribution in [0.4, 0.5) is 4.79 Å². The van der Waals surface area contributed by atoms with E-state index in [2.05, 4.69) is 5.32 Å². The second kappa shape index (κ2) is 16.9. The van der Waals surface area contributed by atoms with Crippen LogP contribution in [0.25, 0.3) is 6.08 Å². The van der Waals surface area contributed by atoms with Gasteiger partial charge in [0.15, 0.2) is 11.5 Å². The van der Waals surface area contributed by atoms with Crippen molar-refractivity contribution in [1.29, 1.82) is 0 Å². The number of amides is 1. The molecule has 0 unspecified atom stereocenters. The number of aliphatic carboxylic acids is 1. The number of carbonyl (C=O) groups excluding carboxylic acids is 1. The lowest BCUT2D eigenvalue weighted by molar-refractivity contribution is -0.131. The van der Waals surface area contributed by atoms with Gasteiger partial charge in [-0.3, -0.25) is 0 Å². The third-order valence-corrected chi connectivity index (χ3v) is 7.56. The molecule has 0 saturated carbocycles. The highest BCUT2D eigenvalue weighted by molar-refractivity contribution is 6.60. The lowest BCUT2D eigenvalue weighted by atomic mass is 10.2. The van der Waals surface area contributed by atoms with E-state index in [0.29, 0.717) is 68.9 Å². The van der Waals surface area contributed by atoms with Crippen molar-refractivity contribution in [2.45, 2.75) is 39.7 Å². The number of ether oxygens (including phenoxy) is 3. The minimum Gasteiger partial charge on any atom is -0.493 e. The summed E-state index contributed by atoms with van der Waals surface area (Å²) in [7, 11) is -1.20. The lowest BCUT2D eigenvalue weighted by Crippen LogP contribution is -2.46. The fraction of sp³-hybridized carbons (Fsp3) is 0.565. The molecule has 192 valence electrons. The summed E-state index contributed by atoms with van der Waals surface area (Å²) < 4.78 is 33.5. The highest BCUT2D eigenvalue weighted by Crippen LogP contribution is 2.28. The van der Waals surface area contributed by atoms with Crippen LogP contribution in [0, 0.1) is 0 Å². The van der Waals surface area contributed by atoms with E-state index in [-0.39, 0.29) is 6.61 Å². The van der Waals surface area contributed by atoms with Crippen molar-refractivity contribution in [2.24, 2.45) is 0 Å². The van der Waals surface area contributed by atoms with Crippen molar-refractivity contribution in [3.63, 3.8) is 0 Å². The Bertz CT molecular complexity index is 756. The molecule has 0 radical (unpaired) electrons. The maximum atomic E-state index is 11.9. The summed E-state index contributed by atoms with van der Waals surface area (Å²) in [5.41, 5.74) is 0.676. The molecule has 1 amide bonds. The number of carboxylic acid groups (broad SMARTS) is 1. The van der Waals surface area contributed by atoms with Gasteiger partial charge in [0.1, 0.15) is 0 Å². The Morgan fingerprint density at radius 1 is 1.00 bits per heavy atom. The molecule has 0 atom stereocenters. The van der Waals surface area contributed by atoms with E-state index in [1.165, 1.54) is 13.2 Å². The second-order valence-electron chi connectivity index (χ2n) is 6.93. The smallest absolute Gasteiger partial charge is 0.493 e. The number of methoxy groups -OCH3 is 1. The van der Waals surface area contributed by atoms with Gasteiger partial charge in [0, 0.05) is 44.9 Å². The highest BCUT2D eigenvalue weighted by Gasteiger charge is 2.39. The normalized spacial score (nSPS) is 11.4. The number of hydrogen-bond acceptors (Lipinski definition) is 8. The summed E-state index contributed by atoms with van der Waals surface area (Å²) in [6.07, 6.45) is 3.16. The molecule has 0 spiro atoms. The predicted molar refractivity (Wildman–Crippen MR) is 129 cm³/mol. The van der Waals surface area contributed by atoms with E-state index in [9.17, 15) is 9.59 Å². The molecule has 2 N–H and O–H groups in total. The molecule has 1 rings (SSSR count). The van der Waals surface area contributed by atoms with Gasteiger partial charge in [-0.05, 0) is 51.0 Å². The zero-order chi connectivity index (χ0) is 25.2. The number of carboxylic acids is 1. The molecule has 0 fully saturated rings. The standard InChI is InChI=1S/C23H37NO9Si/c1-5-31-34(32-6-2,33-7-3)17-8-14-24-23(27)30-16-9-15-29-20-12-10-19(11-13-22(25)26)18-21(20)28-4/h10-13,18H,5-9,14-17H2,1-4H3,(H,24,27)(H,25,26)/b13-11+. The van der Waals surface area contributed by atoms with Crippen LogP contribution in [-0.4, -0.2) is 72.7 Å². The van der Waals surface area contributed by atoms with Gasteiger partial charge in [0.25, 0.3) is 0 Å². The molecule has 10 nitrogen and oxygen atoms in total. The Morgan fingerprint density at radius 2 is 1.68 bits per heavy atom. The monoisotopic (exact) mass is 499 g/mol. The maximum absolute atomic E-state index is 11.9. The summed E-state index contributed by atoms with van der Waals surface area (Å²) >= 11 is 0. The molecule has 0 aliphatic rings. The zero-order valence-corrected chi connectivity index (χ0v) is 21.5. The Balaban J connectivity index is 2.32. The van der Waals surface area contributed by atoms with Crippen molar-refractivity contribution in [3.05, 3.63) is 29.8 Å². The molecule has 0 aliphatic heterocycles. The summed E-state index contributed by atoms with van der Waals surface area (Å²) in [5, 5.41) is 11.4. The first kappa shape index (κ1) is 29.4. The van der Waals surface area contributed by atoms with Crippen LogP contribution in [0.3, 0.4) is 0 Å². The van der Waals surface area contributed by atoms with Gasteiger partial charge in [-0.25, -0.2) is 9.59 Å². The van der Waals surface area contributed by atoms with Gasteiger partial charge in [-0.15, -0.1) is 0 Å². The molecule has 0 aromatic heterocycles. The van der Waals surface area contributed by atoms with Crippen LogP contribution in [0.1, 0.15) is 39.2 Å². The van der Waals surface area contributed by atoms with E-state index in [1.54, 1.807) is 18.2 Å². The van der Waals surface area contributed by atoms with Crippen molar-refractivity contribution in [3.8, 4) is 11.5 Å². The fourth-order valence-electron chi connectivity index (χ4n) is 3.03. The zero-order valence-electron chi connectivity index (χ0n) is 20.5. The van der Waals surface area contributed by atoms with E-state index in [0.717, 1.165) is 6.08 Å². The highest BCUT2D eigenvalue weighted by atomic mass is 28.4. The Kier molecular flexibility index (Phi) is 14.6. The number of benzene rings is 1. The van der Waals surface area contributed by atoms with E-state index in [4.69, 9.17) is 32.6 Å². The van der Waals surface area contributed by atoms with Crippen molar-refractivity contribution >= 4 is 26.9 Å². The number of carbonyl (C=O) groups is 2. The molecule has 1 aromatic rings. The first-order valence-electron chi connectivity index (χ1n) is 11.4. The molecule has 0 saturated heterocycles. The largest absolute Gasteiger partial charge is 0.500 e. The van der Waals surface area contributed by atoms with Crippen molar-refractivity contribution < 1.29 is 42.2 Å². The third-order valence-electron chi connectivity index (χ3n) is 4.41.